The first-order valence-electron chi connectivity index (χ1n) is 12.6. The monoisotopic (exact) mass is 547 g/mol. The average molecular weight is 548 g/mol. The molecule has 3 aromatic rings. The highest BCUT2D eigenvalue weighted by Crippen LogP contribution is 2.36. The quantitative estimate of drug-likeness (QED) is 0.288. The highest BCUT2D eigenvalue weighted by molar-refractivity contribution is 5.94. The largest absolute Gasteiger partial charge is 0.494 e. The van der Waals surface area contributed by atoms with E-state index in [0.29, 0.717) is 41.3 Å². The Morgan fingerprint density at radius 1 is 1.13 bits per heavy atom. The zero-order valence-corrected chi connectivity index (χ0v) is 22.3. The van der Waals surface area contributed by atoms with Crippen LogP contribution >= 0.6 is 0 Å². The summed E-state index contributed by atoms with van der Waals surface area (Å²) in [5.74, 6) is 0.118. The minimum atomic E-state index is -4.51. The number of benzene rings is 2. The van der Waals surface area contributed by atoms with Crippen LogP contribution in [0.2, 0.25) is 0 Å². The second-order valence-electron chi connectivity index (χ2n) is 8.79. The predicted molar refractivity (Wildman–Crippen MR) is 138 cm³/mol. The normalized spacial score (nSPS) is 12.1. The number of aryl methyl sites for hydroxylation is 1. The van der Waals surface area contributed by atoms with E-state index in [2.05, 4.69) is 10.4 Å². The molecule has 0 spiro atoms. The van der Waals surface area contributed by atoms with E-state index in [1.165, 1.54) is 7.11 Å². The molecular weight excluding hydrogens is 515 g/mol. The van der Waals surface area contributed by atoms with Crippen LogP contribution in [0.5, 0.6) is 11.5 Å². The van der Waals surface area contributed by atoms with Crippen molar-refractivity contribution in [2.75, 3.05) is 20.3 Å². The molecule has 0 aliphatic rings. The number of methoxy groups -OCH3 is 1. The van der Waals surface area contributed by atoms with Crippen molar-refractivity contribution < 1.29 is 37.0 Å². The topological polar surface area (TPSA) is 91.7 Å². The van der Waals surface area contributed by atoms with E-state index in [1.807, 2.05) is 6.92 Å². The molecule has 0 aliphatic heterocycles. The number of carbonyl (C=O) groups excluding carboxylic acids is 2. The number of aromatic nitrogens is 2. The van der Waals surface area contributed by atoms with Crippen LogP contribution < -0.4 is 14.8 Å². The Hall–Kier alpha value is -4.02. The van der Waals surface area contributed by atoms with Crippen LogP contribution in [-0.4, -0.2) is 41.9 Å². The third kappa shape index (κ3) is 7.75. The molecular formula is C28H32F3N3O5. The van der Waals surface area contributed by atoms with Gasteiger partial charge in [-0.25, -0.2) is 4.68 Å². The maximum Gasteiger partial charge on any atom is 0.419 e. The second-order valence-corrected chi connectivity index (χ2v) is 8.79. The van der Waals surface area contributed by atoms with E-state index in [-0.39, 0.29) is 30.9 Å². The van der Waals surface area contributed by atoms with Gasteiger partial charge in [0, 0.05) is 24.4 Å². The first-order valence-corrected chi connectivity index (χ1v) is 12.6. The zero-order chi connectivity index (χ0) is 28.6. The Labute approximate surface area is 225 Å². The van der Waals surface area contributed by atoms with Crippen molar-refractivity contribution in [3.63, 3.8) is 0 Å². The van der Waals surface area contributed by atoms with Crippen LogP contribution in [-0.2, 0) is 15.7 Å². The summed E-state index contributed by atoms with van der Waals surface area (Å²) >= 11 is 0. The lowest BCUT2D eigenvalue weighted by atomic mass is 10.0. The van der Waals surface area contributed by atoms with E-state index >= 15 is 0 Å². The predicted octanol–water partition coefficient (Wildman–Crippen LogP) is 5.81. The molecule has 8 nitrogen and oxygen atoms in total. The molecule has 1 amide bonds. The number of esters is 1. The van der Waals surface area contributed by atoms with Crippen molar-refractivity contribution in [2.24, 2.45) is 0 Å². The Morgan fingerprint density at radius 2 is 1.85 bits per heavy atom. The van der Waals surface area contributed by atoms with Gasteiger partial charge in [0.25, 0.3) is 5.91 Å². The molecule has 1 N–H and O–H groups in total. The molecule has 1 atom stereocenters. The molecule has 0 fully saturated rings. The highest BCUT2D eigenvalue weighted by Gasteiger charge is 2.32. The SMILES string of the molecule is CCCC(Oc1cc(C)c(-n2cc(C(F)(F)F)cn2)c(OC)c1)c1ccc(C(=O)NCCC(=O)OCC)cc1. The molecule has 0 saturated carbocycles. The van der Waals surface area contributed by atoms with Crippen LogP contribution in [0.3, 0.4) is 0 Å². The minimum absolute atomic E-state index is 0.0929. The van der Waals surface area contributed by atoms with Gasteiger partial charge in [-0.2, -0.15) is 18.3 Å². The molecule has 0 saturated heterocycles. The van der Waals surface area contributed by atoms with Crippen LogP contribution in [0.4, 0.5) is 13.2 Å². The number of rotatable bonds is 12. The maximum atomic E-state index is 13.1. The van der Waals surface area contributed by atoms with E-state index in [9.17, 15) is 22.8 Å². The maximum absolute atomic E-state index is 13.1. The fraction of sp³-hybridized carbons (Fsp3) is 0.393. The average Bonchev–Trinajstić information content (AvgIpc) is 3.39. The zero-order valence-electron chi connectivity index (χ0n) is 22.3. The number of nitrogens with one attached hydrogen (secondary N) is 1. The number of hydrogen-bond acceptors (Lipinski definition) is 6. The van der Waals surface area contributed by atoms with Crippen molar-refractivity contribution in [1.82, 2.24) is 15.1 Å². The number of hydrogen-bond donors (Lipinski definition) is 1. The lowest BCUT2D eigenvalue weighted by Crippen LogP contribution is -2.26. The summed E-state index contributed by atoms with van der Waals surface area (Å²) in [6.45, 7) is 5.95. The summed E-state index contributed by atoms with van der Waals surface area (Å²) < 4.78 is 57.0. The summed E-state index contributed by atoms with van der Waals surface area (Å²) in [5, 5.41) is 6.56. The summed E-state index contributed by atoms with van der Waals surface area (Å²) in [7, 11) is 1.43. The smallest absolute Gasteiger partial charge is 0.419 e. The summed E-state index contributed by atoms with van der Waals surface area (Å²) in [5.41, 5.74) is 1.43. The Bertz CT molecular complexity index is 1270. The fourth-order valence-corrected chi connectivity index (χ4v) is 4.01. The lowest BCUT2D eigenvalue weighted by Gasteiger charge is -2.21. The van der Waals surface area contributed by atoms with Crippen LogP contribution in [0.15, 0.2) is 48.8 Å². The molecule has 0 radical (unpaired) electrons. The lowest BCUT2D eigenvalue weighted by molar-refractivity contribution is -0.143. The van der Waals surface area contributed by atoms with E-state index in [1.54, 1.807) is 50.2 Å². The van der Waals surface area contributed by atoms with Crippen LogP contribution in [0.25, 0.3) is 5.69 Å². The van der Waals surface area contributed by atoms with Crippen molar-refractivity contribution in [1.29, 1.82) is 0 Å². The number of carbonyl (C=O) groups is 2. The van der Waals surface area contributed by atoms with Gasteiger partial charge in [0.15, 0.2) is 0 Å². The second kappa shape index (κ2) is 13.2. The number of alkyl halides is 3. The summed E-state index contributed by atoms with van der Waals surface area (Å²) in [4.78, 5) is 23.9. The molecule has 11 heteroatoms. The first-order chi connectivity index (χ1) is 18.6. The van der Waals surface area contributed by atoms with Crippen LogP contribution in [0, 0.1) is 6.92 Å². The van der Waals surface area contributed by atoms with Gasteiger partial charge < -0.3 is 19.5 Å². The van der Waals surface area contributed by atoms with E-state index in [4.69, 9.17) is 14.2 Å². The Balaban J connectivity index is 1.76. The number of amides is 1. The van der Waals surface area contributed by atoms with Gasteiger partial charge >= 0.3 is 12.1 Å². The van der Waals surface area contributed by atoms with Crippen molar-refractivity contribution in [3.8, 4) is 17.2 Å². The van der Waals surface area contributed by atoms with Crippen LogP contribution in [0.1, 0.15) is 66.3 Å². The van der Waals surface area contributed by atoms with Gasteiger partial charge in [0.05, 0.1) is 31.9 Å². The fourth-order valence-electron chi connectivity index (χ4n) is 4.01. The third-order valence-electron chi connectivity index (χ3n) is 5.89. The van der Waals surface area contributed by atoms with Gasteiger partial charge in [-0.1, -0.05) is 25.5 Å². The van der Waals surface area contributed by atoms with Crippen molar-refractivity contribution in [3.05, 3.63) is 71.0 Å². The highest BCUT2D eigenvalue weighted by atomic mass is 19.4. The molecule has 3 rings (SSSR count). The standard InChI is InChI=1S/C28H32F3N3O5/c1-5-7-23(19-8-10-20(11-9-19)27(36)32-13-12-25(35)38-6-2)39-22-14-18(3)26(24(15-22)37-4)34-17-21(16-33-34)28(29,30)31/h8-11,14-17,23H,5-7,12-13H2,1-4H3,(H,32,36). The Kier molecular flexibility index (Phi) is 9.97. The molecule has 0 aliphatic carbocycles. The number of nitrogens with zero attached hydrogens (tertiary/aromatic N) is 2. The van der Waals surface area contributed by atoms with Gasteiger partial charge in [0.2, 0.25) is 0 Å². The summed E-state index contributed by atoms with van der Waals surface area (Å²) in [6.07, 6.45) is -1.56. The van der Waals surface area contributed by atoms with Crippen molar-refractivity contribution >= 4 is 11.9 Å². The number of ether oxygens (including phenoxy) is 3. The third-order valence-corrected chi connectivity index (χ3v) is 5.89. The van der Waals surface area contributed by atoms with E-state index < -0.39 is 11.7 Å². The molecule has 0 bridgehead atoms. The first kappa shape index (κ1) is 29.5. The van der Waals surface area contributed by atoms with Gasteiger partial charge in [-0.15, -0.1) is 0 Å². The Morgan fingerprint density at radius 3 is 2.44 bits per heavy atom. The van der Waals surface area contributed by atoms with Gasteiger partial charge in [0.1, 0.15) is 23.3 Å². The minimum Gasteiger partial charge on any atom is -0.494 e. The molecule has 39 heavy (non-hydrogen) atoms. The van der Waals surface area contributed by atoms with Crippen molar-refractivity contribution in [2.45, 2.75) is 52.3 Å². The summed E-state index contributed by atoms with van der Waals surface area (Å²) in [6, 6.07) is 10.3. The molecule has 1 aromatic heterocycles. The molecule has 210 valence electrons. The molecule has 1 heterocycles. The molecule has 1 unspecified atom stereocenters. The van der Waals surface area contributed by atoms with E-state index in [0.717, 1.165) is 29.1 Å². The van der Waals surface area contributed by atoms with Gasteiger partial charge in [-0.3, -0.25) is 9.59 Å². The number of halogens is 3. The molecule has 2 aromatic carbocycles. The van der Waals surface area contributed by atoms with Gasteiger partial charge in [-0.05, 0) is 49.6 Å².